The lowest BCUT2D eigenvalue weighted by Gasteiger charge is -2.45. The standard InChI is InChI=1S/C40H48O14/c1-21-19-20-38(6,7)33(46)31(51-24(4)42)30(50-23(3)41)22(2)29(44)28-34(52-35(47)26-15-11-9-12-16-26)39(8,54-25(5)43)37(40(28,49)32(21)45)53-36(48)27-17-13-10-14-18-27/h9-21,28-34,37,44-46,49H,2H2,1,3-8H3/b20-19+/t21-,28-,29-,30-,31+,32-,33+,34+,37+,39-,40+/m0/s1. The molecule has 0 unspecified atom stereocenters. The van der Waals surface area contributed by atoms with Crippen molar-refractivity contribution in [1.29, 1.82) is 0 Å². The van der Waals surface area contributed by atoms with Crippen molar-refractivity contribution in [2.75, 3.05) is 0 Å². The predicted molar refractivity (Wildman–Crippen MR) is 190 cm³/mol. The Morgan fingerprint density at radius 1 is 0.704 bits per heavy atom. The molecule has 0 radical (unpaired) electrons. The van der Waals surface area contributed by atoms with Crippen LogP contribution in [-0.4, -0.2) is 104 Å². The van der Waals surface area contributed by atoms with E-state index < -0.39 is 107 Å². The van der Waals surface area contributed by atoms with E-state index in [1.54, 1.807) is 50.2 Å². The van der Waals surface area contributed by atoms with E-state index >= 15 is 0 Å². The molecule has 2 aromatic rings. The molecule has 4 rings (SSSR count). The third-order valence-corrected chi connectivity index (χ3v) is 10.1. The molecule has 0 spiro atoms. The number of hydrogen-bond acceptors (Lipinski definition) is 14. The van der Waals surface area contributed by atoms with Crippen LogP contribution in [0.3, 0.4) is 0 Å². The van der Waals surface area contributed by atoms with Gasteiger partial charge in [-0.05, 0) is 36.8 Å². The number of carbonyl (C=O) groups excluding carboxylic acids is 5. The minimum Gasteiger partial charge on any atom is -0.455 e. The van der Waals surface area contributed by atoms with Gasteiger partial charge in [-0.15, -0.1) is 0 Å². The van der Waals surface area contributed by atoms with Gasteiger partial charge in [0, 0.05) is 32.1 Å². The maximum atomic E-state index is 13.8. The molecule has 0 bridgehead atoms. The van der Waals surface area contributed by atoms with Crippen molar-refractivity contribution in [1.82, 2.24) is 0 Å². The Labute approximate surface area is 313 Å². The van der Waals surface area contributed by atoms with Crippen LogP contribution in [0.4, 0.5) is 0 Å². The molecule has 14 nitrogen and oxygen atoms in total. The second-order valence-corrected chi connectivity index (χ2v) is 14.6. The molecule has 11 atom stereocenters. The third-order valence-electron chi connectivity index (χ3n) is 10.1. The van der Waals surface area contributed by atoms with E-state index in [-0.39, 0.29) is 11.1 Å². The number of ether oxygens (including phenoxy) is 5. The normalized spacial score (nSPS) is 34.1. The first-order chi connectivity index (χ1) is 25.2. The van der Waals surface area contributed by atoms with Gasteiger partial charge in [0.25, 0.3) is 0 Å². The molecule has 0 aromatic heterocycles. The molecule has 2 aliphatic rings. The topological polar surface area (TPSA) is 212 Å². The summed E-state index contributed by atoms with van der Waals surface area (Å²) < 4.78 is 28.9. The quantitative estimate of drug-likeness (QED) is 0.182. The summed E-state index contributed by atoms with van der Waals surface area (Å²) in [4.78, 5) is 65.5. The van der Waals surface area contributed by atoms with E-state index in [1.807, 2.05) is 0 Å². The van der Waals surface area contributed by atoms with Crippen molar-refractivity contribution >= 4 is 29.8 Å². The van der Waals surface area contributed by atoms with Crippen LogP contribution < -0.4 is 0 Å². The fourth-order valence-corrected chi connectivity index (χ4v) is 7.35. The predicted octanol–water partition coefficient (Wildman–Crippen LogP) is 2.85. The molecule has 1 fully saturated rings. The first kappa shape index (κ1) is 41.9. The monoisotopic (exact) mass is 752 g/mol. The Morgan fingerprint density at radius 3 is 1.69 bits per heavy atom. The summed E-state index contributed by atoms with van der Waals surface area (Å²) in [5.74, 6) is -7.96. The minimum absolute atomic E-state index is 0.00276. The minimum atomic E-state index is -2.87. The lowest BCUT2D eigenvalue weighted by Crippen LogP contribution is -2.63. The van der Waals surface area contributed by atoms with Crippen LogP contribution in [0.2, 0.25) is 0 Å². The Morgan fingerprint density at radius 2 is 1.20 bits per heavy atom. The number of fused-ring (bicyclic) bond motifs is 1. The fraction of sp³-hybridized carbons (Fsp3) is 0.475. The van der Waals surface area contributed by atoms with Gasteiger partial charge in [0.15, 0.2) is 30.0 Å². The van der Waals surface area contributed by atoms with Crippen LogP contribution >= 0.6 is 0 Å². The van der Waals surface area contributed by atoms with Crippen molar-refractivity contribution in [2.24, 2.45) is 17.3 Å². The number of carbonyl (C=O) groups is 5. The molecule has 0 amide bonds. The number of hydrogen-bond donors (Lipinski definition) is 4. The summed E-state index contributed by atoms with van der Waals surface area (Å²) >= 11 is 0. The summed E-state index contributed by atoms with van der Waals surface area (Å²) in [5, 5.41) is 49.6. The van der Waals surface area contributed by atoms with E-state index in [0.717, 1.165) is 20.8 Å². The average Bonchev–Trinajstić information content (AvgIpc) is 3.29. The molecule has 2 aromatic carbocycles. The maximum Gasteiger partial charge on any atom is 0.338 e. The number of benzene rings is 2. The lowest BCUT2D eigenvalue weighted by atomic mass is 9.71. The fourth-order valence-electron chi connectivity index (χ4n) is 7.35. The van der Waals surface area contributed by atoms with Gasteiger partial charge in [-0.1, -0.05) is 75.9 Å². The van der Waals surface area contributed by atoms with Crippen LogP contribution in [0.15, 0.2) is 85.0 Å². The second kappa shape index (κ2) is 16.2. The number of aliphatic hydroxyl groups excluding tert-OH is 3. The van der Waals surface area contributed by atoms with Gasteiger partial charge in [0.2, 0.25) is 0 Å². The van der Waals surface area contributed by atoms with Crippen molar-refractivity contribution in [3.05, 3.63) is 96.1 Å². The molecular weight excluding hydrogens is 704 g/mol. The highest BCUT2D eigenvalue weighted by Gasteiger charge is 2.76. The maximum absolute atomic E-state index is 13.8. The Hall–Kier alpha value is -4.89. The van der Waals surface area contributed by atoms with Gasteiger partial charge in [0.1, 0.15) is 11.7 Å². The third kappa shape index (κ3) is 8.26. The van der Waals surface area contributed by atoms with Crippen LogP contribution in [0.5, 0.6) is 0 Å². The molecule has 14 heteroatoms. The first-order valence-corrected chi connectivity index (χ1v) is 17.4. The molecule has 0 aliphatic heterocycles. The average molecular weight is 753 g/mol. The molecule has 0 saturated heterocycles. The van der Waals surface area contributed by atoms with Gasteiger partial charge in [-0.2, -0.15) is 0 Å². The van der Waals surface area contributed by atoms with Crippen molar-refractivity contribution in [2.45, 2.75) is 102 Å². The Bertz CT molecular complexity index is 1760. The molecule has 1 saturated carbocycles. The van der Waals surface area contributed by atoms with Gasteiger partial charge in [-0.25, -0.2) is 9.59 Å². The molecule has 0 heterocycles. The van der Waals surface area contributed by atoms with Gasteiger partial charge >= 0.3 is 29.8 Å². The Balaban J connectivity index is 2.08. The molecule has 292 valence electrons. The largest absolute Gasteiger partial charge is 0.455 e. The summed E-state index contributed by atoms with van der Waals surface area (Å²) in [7, 11) is 0. The van der Waals surface area contributed by atoms with Crippen LogP contribution in [0.1, 0.15) is 69.2 Å². The molecule has 4 N–H and O–H groups in total. The molecular formula is C40H48O14. The zero-order chi connectivity index (χ0) is 40.3. The zero-order valence-electron chi connectivity index (χ0n) is 31.2. The van der Waals surface area contributed by atoms with Gasteiger partial charge < -0.3 is 44.1 Å². The highest BCUT2D eigenvalue weighted by atomic mass is 16.6. The smallest absolute Gasteiger partial charge is 0.338 e. The molecule has 54 heavy (non-hydrogen) atoms. The summed E-state index contributed by atoms with van der Waals surface area (Å²) in [6.07, 6.45) is -10.5. The van der Waals surface area contributed by atoms with Crippen LogP contribution in [-0.2, 0) is 38.1 Å². The molecule has 2 aliphatic carbocycles. The van der Waals surface area contributed by atoms with Gasteiger partial charge in [-0.3, -0.25) is 14.4 Å². The van der Waals surface area contributed by atoms with E-state index in [2.05, 4.69) is 6.58 Å². The van der Waals surface area contributed by atoms with Gasteiger partial charge in [0.05, 0.1) is 29.3 Å². The first-order valence-electron chi connectivity index (χ1n) is 17.4. The van der Waals surface area contributed by atoms with E-state index in [4.69, 9.17) is 23.7 Å². The van der Waals surface area contributed by atoms with Crippen LogP contribution in [0, 0.1) is 17.3 Å². The van der Waals surface area contributed by atoms with E-state index in [1.165, 1.54) is 50.3 Å². The second-order valence-electron chi connectivity index (χ2n) is 14.6. The van der Waals surface area contributed by atoms with E-state index in [9.17, 15) is 44.4 Å². The Kier molecular flexibility index (Phi) is 12.6. The SMILES string of the molecule is C=C1[C@H](O)[C@H]2[C@@H](OC(=O)c3ccccc3)[C@](C)(OC(C)=O)[C@@H](OC(=O)c3ccccc3)[C@]2(O)[C@@H](O)[C@@H](C)/C=C/C(C)(C)[C@H](O)[C@H](OC(C)=O)[C@H]1OC(C)=O. The highest BCUT2D eigenvalue weighted by molar-refractivity contribution is 5.90. The van der Waals surface area contributed by atoms with Crippen molar-refractivity contribution < 1.29 is 68.1 Å². The van der Waals surface area contributed by atoms with Crippen molar-refractivity contribution in [3.63, 3.8) is 0 Å². The van der Waals surface area contributed by atoms with Crippen molar-refractivity contribution in [3.8, 4) is 0 Å². The summed E-state index contributed by atoms with van der Waals surface area (Å²) in [6.45, 7) is 12.9. The number of rotatable bonds is 7. The number of aliphatic hydroxyl groups is 4. The lowest BCUT2D eigenvalue weighted by molar-refractivity contribution is -0.208. The number of esters is 5. The summed E-state index contributed by atoms with van der Waals surface area (Å²) in [5.41, 5.74) is -7.00. The van der Waals surface area contributed by atoms with Crippen LogP contribution in [0.25, 0.3) is 0 Å². The summed E-state index contributed by atoms with van der Waals surface area (Å²) in [6, 6.07) is 15.2. The zero-order valence-corrected chi connectivity index (χ0v) is 31.2. The van der Waals surface area contributed by atoms with E-state index in [0.29, 0.717) is 0 Å². The highest BCUT2D eigenvalue weighted by Crippen LogP contribution is 2.54.